The molecule has 0 bridgehead atoms. The van der Waals surface area contributed by atoms with Crippen LogP contribution in [0.1, 0.15) is 28.4 Å². The minimum absolute atomic E-state index is 0.00264. The summed E-state index contributed by atoms with van der Waals surface area (Å²) in [5, 5.41) is 0. The van der Waals surface area contributed by atoms with Crippen LogP contribution < -0.4 is 10.5 Å². The van der Waals surface area contributed by atoms with E-state index in [0.29, 0.717) is 23.6 Å². The van der Waals surface area contributed by atoms with Crippen molar-refractivity contribution in [3.8, 4) is 5.75 Å². The minimum atomic E-state index is -0.00264. The highest BCUT2D eigenvalue weighted by atomic mass is 16.5. The Morgan fingerprint density at radius 3 is 2.58 bits per heavy atom. The third-order valence-corrected chi connectivity index (χ3v) is 3.06. The van der Waals surface area contributed by atoms with Crippen molar-refractivity contribution in [1.29, 1.82) is 0 Å². The zero-order valence-electron chi connectivity index (χ0n) is 11.1. The van der Waals surface area contributed by atoms with Crippen LogP contribution in [0.2, 0.25) is 0 Å². The first-order valence-corrected chi connectivity index (χ1v) is 6.15. The average Bonchev–Trinajstić information content (AvgIpc) is 2.39. The van der Waals surface area contributed by atoms with Crippen LogP contribution in [0.25, 0.3) is 0 Å². The fourth-order valence-corrected chi connectivity index (χ4v) is 1.83. The molecule has 98 valence electrons. The Morgan fingerprint density at radius 2 is 1.95 bits per heavy atom. The Labute approximate surface area is 113 Å². The number of aryl methyl sites for hydroxylation is 1. The first-order chi connectivity index (χ1) is 9.08. The van der Waals surface area contributed by atoms with Crippen molar-refractivity contribution >= 4 is 11.5 Å². The number of Topliss-reactive ketones (excluding diaryl/α,β-unsaturated/α-hetero) is 1. The summed E-state index contributed by atoms with van der Waals surface area (Å²) in [6.07, 6.45) is 0. The molecule has 0 aliphatic carbocycles. The van der Waals surface area contributed by atoms with Crippen molar-refractivity contribution in [2.45, 2.75) is 20.5 Å². The third-order valence-electron chi connectivity index (χ3n) is 3.06. The van der Waals surface area contributed by atoms with Crippen LogP contribution in [0.5, 0.6) is 5.75 Å². The lowest BCUT2D eigenvalue weighted by atomic mass is 10.1. The summed E-state index contributed by atoms with van der Waals surface area (Å²) < 4.78 is 5.70. The molecular weight excluding hydrogens is 238 g/mol. The van der Waals surface area contributed by atoms with Gasteiger partial charge in [-0.1, -0.05) is 24.3 Å². The van der Waals surface area contributed by atoms with Gasteiger partial charge in [-0.25, -0.2) is 0 Å². The highest BCUT2D eigenvalue weighted by Crippen LogP contribution is 2.24. The Kier molecular flexibility index (Phi) is 3.85. The topological polar surface area (TPSA) is 52.3 Å². The summed E-state index contributed by atoms with van der Waals surface area (Å²) >= 11 is 0. The summed E-state index contributed by atoms with van der Waals surface area (Å²) in [5.41, 5.74) is 9.27. The van der Waals surface area contributed by atoms with Crippen molar-refractivity contribution in [1.82, 2.24) is 0 Å². The van der Waals surface area contributed by atoms with E-state index in [0.717, 1.165) is 5.56 Å². The maximum atomic E-state index is 11.2. The average molecular weight is 255 g/mol. The zero-order valence-corrected chi connectivity index (χ0v) is 11.1. The number of hydrogen-bond donors (Lipinski definition) is 1. The molecule has 0 saturated carbocycles. The van der Waals surface area contributed by atoms with E-state index in [4.69, 9.17) is 10.5 Å². The van der Waals surface area contributed by atoms with Crippen LogP contribution >= 0.6 is 0 Å². The Hall–Kier alpha value is -2.29. The van der Waals surface area contributed by atoms with Crippen LogP contribution in [0.15, 0.2) is 42.5 Å². The molecule has 0 unspecified atom stereocenters. The number of benzene rings is 2. The van der Waals surface area contributed by atoms with Gasteiger partial charge < -0.3 is 10.5 Å². The van der Waals surface area contributed by atoms with Crippen molar-refractivity contribution in [3.63, 3.8) is 0 Å². The van der Waals surface area contributed by atoms with Crippen LogP contribution in [0, 0.1) is 6.92 Å². The number of ketones is 1. The Bertz CT molecular complexity index is 605. The van der Waals surface area contributed by atoms with Gasteiger partial charge in [-0.2, -0.15) is 0 Å². The van der Waals surface area contributed by atoms with E-state index in [1.165, 1.54) is 12.5 Å². The largest absolute Gasteiger partial charge is 0.487 e. The van der Waals surface area contributed by atoms with E-state index in [-0.39, 0.29) is 5.78 Å². The fraction of sp³-hybridized carbons (Fsp3) is 0.188. The highest BCUT2D eigenvalue weighted by Gasteiger charge is 2.06. The van der Waals surface area contributed by atoms with Gasteiger partial charge in [-0.3, -0.25) is 4.79 Å². The predicted molar refractivity (Wildman–Crippen MR) is 76.4 cm³/mol. The van der Waals surface area contributed by atoms with Gasteiger partial charge in [0.25, 0.3) is 0 Å². The maximum Gasteiger partial charge on any atom is 0.159 e. The van der Waals surface area contributed by atoms with E-state index in [1.807, 2.05) is 31.2 Å². The minimum Gasteiger partial charge on any atom is -0.487 e. The zero-order chi connectivity index (χ0) is 13.8. The Morgan fingerprint density at radius 1 is 1.21 bits per heavy atom. The number of anilines is 1. The van der Waals surface area contributed by atoms with Crippen LogP contribution in [0.3, 0.4) is 0 Å². The van der Waals surface area contributed by atoms with Gasteiger partial charge >= 0.3 is 0 Å². The molecule has 2 N–H and O–H groups in total. The standard InChI is InChI=1S/C16H17NO2/c1-11-5-3-4-6-14(11)10-19-16-8-7-13(12(2)18)9-15(16)17/h3-9H,10,17H2,1-2H3. The summed E-state index contributed by atoms with van der Waals surface area (Å²) in [7, 11) is 0. The molecule has 2 aromatic carbocycles. The fourth-order valence-electron chi connectivity index (χ4n) is 1.83. The number of rotatable bonds is 4. The number of carbonyl (C=O) groups excluding carboxylic acids is 1. The second-order valence-electron chi connectivity index (χ2n) is 4.52. The number of nitrogen functional groups attached to an aromatic ring is 1. The second-order valence-corrected chi connectivity index (χ2v) is 4.52. The molecule has 0 spiro atoms. The van der Waals surface area contributed by atoms with E-state index >= 15 is 0 Å². The molecule has 0 atom stereocenters. The number of carbonyl (C=O) groups is 1. The number of hydrogen-bond acceptors (Lipinski definition) is 3. The molecule has 0 radical (unpaired) electrons. The molecule has 0 saturated heterocycles. The molecular formula is C16H17NO2. The monoisotopic (exact) mass is 255 g/mol. The quantitative estimate of drug-likeness (QED) is 0.673. The third kappa shape index (κ3) is 3.13. The van der Waals surface area contributed by atoms with Crippen molar-refractivity contribution in [3.05, 3.63) is 59.2 Å². The summed E-state index contributed by atoms with van der Waals surface area (Å²) in [6.45, 7) is 4.03. The lowest BCUT2D eigenvalue weighted by Crippen LogP contribution is -2.02. The van der Waals surface area contributed by atoms with Gasteiger partial charge in [0, 0.05) is 5.56 Å². The SMILES string of the molecule is CC(=O)c1ccc(OCc2ccccc2C)c(N)c1. The second kappa shape index (κ2) is 5.57. The predicted octanol–water partition coefficient (Wildman–Crippen LogP) is 3.36. The van der Waals surface area contributed by atoms with Gasteiger partial charge in [0.1, 0.15) is 12.4 Å². The van der Waals surface area contributed by atoms with Gasteiger partial charge in [0.05, 0.1) is 5.69 Å². The van der Waals surface area contributed by atoms with E-state index in [1.54, 1.807) is 18.2 Å². The summed E-state index contributed by atoms with van der Waals surface area (Å²) in [4.78, 5) is 11.2. The molecule has 0 fully saturated rings. The summed E-state index contributed by atoms with van der Waals surface area (Å²) in [5.74, 6) is 0.602. The summed E-state index contributed by atoms with van der Waals surface area (Å²) in [6, 6.07) is 13.2. The molecule has 0 amide bonds. The van der Waals surface area contributed by atoms with Gasteiger partial charge in [0.2, 0.25) is 0 Å². The van der Waals surface area contributed by atoms with Crippen molar-refractivity contribution < 1.29 is 9.53 Å². The molecule has 3 heteroatoms. The van der Waals surface area contributed by atoms with Crippen LogP contribution in [0.4, 0.5) is 5.69 Å². The lowest BCUT2D eigenvalue weighted by molar-refractivity contribution is 0.101. The van der Waals surface area contributed by atoms with E-state index in [2.05, 4.69) is 0 Å². The van der Waals surface area contributed by atoms with Crippen molar-refractivity contribution in [2.75, 3.05) is 5.73 Å². The maximum absolute atomic E-state index is 11.2. The highest BCUT2D eigenvalue weighted by molar-refractivity contribution is 5.95. The van der Waals surface area contributed by atoms with Gasteiger partial charge in [-0.15, -0.1) is 0 Å². The number of nitrogens with two attached hydrogens (primary N) is 1. The lowest BCUT2D eigenvalue weighted by Gasteiger charge is -2.11. The van der Waals surface area contributed by atoms with Crippen LogP contribution in [-0.4, -0.2) is 5.78 Å². The molecule has 2 rings (SSSR count). The smallest absolute Gasteiger partial charge is 0.159 e. The number of ether oxygens (including phenoxy) is 1. The molecule has 0 aliphatic rings. The molecule has 2 aromatic rings. The van der Waals surface area contributed by atoms with Crippen LogP contribution in [-0.2, 0) is 6.61 Å². The van der Waals surface area contributed by atoms with E-state index in [9.17, 15) is 4.79 Å². The van der Waals surface area contributed by atoms with Gasteiger partial charge in [0.15, 0.2) is 5.78 Å². The molecule has 19 heavy (non-hydrogen) atoms. The molecule has 0 aliphatic heterocycles. The van der Waals surface area contributed by atoms with Crippen molar-refractivity contribution in [2.24, 2.45) is 0 Å². The normalized spacial score (nSPS) is 10.2. The molecule has 0 heterocycles. The van der Waals surface area contributed by atoms with E-state index < -0.39 is 0 Å². The molecule has 3 nitrogen and oxygen atoms in total. The Balaban J connectivity index is 2.12. The van der Waals surface area contributed by atoms with Gasteiger partial charge in [-0.05, 0) is 43.2 Å². The first-order valence-electron chi connectivity index (χ1n) is 6.15. The first kappa shape index (κ1) is 13.1. The molecule has 0 aromatic heterocycles.